The summed E-state index contributed by atoms with van der Waals surface area (Å²) in [6.07, 6.45) is 5.94. The van der Waals surface area contributed by atoms with Gasteiger partial charge in [0.05, 0.1) is 10.9 Å². The fourth-order valence-corrected chi connectivity index (χ4v) is 3.04. The van der Waals surface area contributed by atoms with Crippen molar-refractivity contribution in [3.63, 3.8) is 0 Å². The molecule has 1 aromatic heterocycles. The van der Waals surface area contributed by atoms with Gasteiger partial charge in [0.25, 0.3) is 0 Å². The van der Waals surface area contributed by atoms with Crippen molar-refractivity contribution in [1.82, 2.24) is 14.9 Å². The molecule has 0 unspecified atom stereocenters. The Morgan fingerprint density at radius 3 is 2.90 bits per heavy atom. The first-order valence-corrected chi connectivity index (χ1v) is 8.09. The van der Waals surface area contributed by atoms with Crippen LogP contribution in [0.25, 0.3) is 5.69 Å². The molecule has 2 aromatic rings. The number of amides is 1. The predicted octanol–water partition coefficient (Wildman–Crippen LogP) is 2.94. The summed E-state index contributed by atoms with van der Waals surface area (Å²) in [5.74, 6) is 0.0989. The molecule has 1 heterocycles. The van der Waals surface area contributed by atoms with Crippen LogP contribution in [0.1, 0.15) is 25.3 Å². The molecule has 0 aliphatic heterocycles. The van der Waals surface area contributed by atoms with Crippen LogP contribution in [0.15, 0.2) is 41.8 Å². The minimum Gasteiger partial charge on any atom is -0.352 e. The van der Waals surface area contributed by atoms with Crippen LogP contribution in [0, 0.1) is 6.92 Å². The zero-order valence-corrected chi connectivity index (χ0v) is 13.1. The van der Waals surface area contributed by atoms with Crippen molar-refractivity contribution in [3.8, 4) is 5.69 Å². The second-order valence-electron chi connectivity index (χ2n) is 5.41. The van der Waals surface area contributed by atoms with E-state index in [0.717, 1.165) is 23.7 Å². The number of imidazole rings is 1. The number of thioether (sulfide) groups is 1. The summed E-state index contributed by atoms with van der Waals surface area (Å²) < 4.78 is 2.04. The van der Waals surface area contributed by atoms with Crippen LogP contribution < -0.4 is 5.32 Å². The Labute approximate surface area is 129 Å². The van der Waals surface area contributed by atoms with Crippen LogP contribution in [0.3, 0.4) is 0 Å². The molecular formula is C16H19N3OS. The summed E-state index contributed by atoms with van der Waals surface area (Å²) in [5, 5.41) is 3.75. The number of aryl methyl sites for hydroxylation is 1. The quantitative estimate of drug-likeness (QED) is 0.864. The minimum absolute atomic E-state index is 0.0989. The van der Waals surface area contributed by atoms with Crippen molar-refractivity contribution >= 4 is 17.7 Å². The molecular weight excluding hydrogens is 282 g/mol. The Kier molecular flexibility index (Phi) is 4.01. The van der Waals surface area contributed by atoms with E-state index < -0.39 is 0 Å². The normalized spacial score (nSPS) is 15.7. The van der Waals surface area contributed by atoms with E-state index in [-0.39, 0.29) is 11.2 Å². The summed E-state index contributed by atoms with van der Waals surface area (Å²) in [6.45, 7) is 4.01. The summed E-state index contributed by atoms with van der Waals surface area (Å²) in [5.41, 5.74) is 2.29. The zero-order valence-electron chi connectivity index (χ0n) is 12.2. The SMILES string of the molecule is Cc1ccccc1-n1ccnc1S[C@@H](C)C(=O)NC1CC1. The summed E-state index contributed by atoms with van der Waals surface area (Å²) in [6, 6.07) is 8.58. The maximum Gasteiger partial charge on any atom is 0.233 e. The molecule has 21 heavy (non-hydrogen) atoms. The third-order valence-corrected chi connectivity index (χ3v) is 4.64. The molecule has 110 valence electrons. The highest BCUT2D eigenvalue weighted by Gasteiger charge is 2.26. The number of para-hydroxylation sites is 1. The van der Waals surface area contributed by atoms with Crippen molar-refractivity contribution in [2.45, 2.75) is 43.1 Å². The Balaban J connectivity index is 1.76. The molecule has 1 fully saturated rings. The third kappa shape index (κ3) is 3.29. The molecule has 1 amide bonds. The van der Waals surface area contributed by atoms with Crippen LogP contribution in [0.4, 0.5) is 0 Å². The number of hydrogen-bond acceptors (Lipinski definition) is 3. The van der Waals surface area contributed by atoms with Gasteiger partial charge < -0.3 is 5.32 Å². The number of aromatic nitrogens is 2. The second kappa shape index (κ2) is 5.93. The molecule has 3 rings (SSSR count). The fraction of sp³-hybridized carbons (Fsp3) is 0.375. The Bertz CT molecular complexity index is 648. The van der Waals surface area contributed by atoms with Gasteiger partial charge in [0.2, 0.25) is 5.91 Å². The van der Waals surface area contributed by atoms with E-state index in [2.05, 4.69) is 29.4 Å². The smallest absolute Gasteiger partial charge is 0.233 e. The van der Waals surface area contributed by atoms with Gasteiger partial charge >= 0.3 is 0 Å². The molecule has 5 heteroatoms. The first-order valence-electron chi connectivity index (χ1n) is 7.21. The van der Waals surface area contributed by atoms with Crippen LogP contribution in [0.2, 0.25) is 0 Å². The monoisotopic (exact) mass is 301 g/mol. The number of carbonyl (C=O) groups is 1. The standard InChI is InChI=1S/C16H19N3OS/c1-11-5-3-4-6-14(11)19-10-9-17-16(19)21-12(2)15(20)18-13-7-8-13/h3-6,9-10,12-13H,7-8H2,1-2H3,(H,18,20)/t12-/m0/s1. The zero-order chi connectivity index (χ0) is 14.8. The first kappa shape index (κ1) is 14.2. The van der Waals surface area contributed by atoms with Gasteiger partial charge in [-0.05, 0) is 38.3 Å². The van der Waals surface area contributed by atoms with Gasteiger partial charge in [0.15, 0.2) is 5.16 Å². The maximum absolute atomic E-state index is 12.1. The molecule has 1 N–H and O–H groups in total. The lowest BCUT2D eigenvalue weighted by Crippen LogP contribution is -2.32. The number of benzene rings is 1. The lowest BCUT2D eigenvalue weighted by Gasteiger charge is -2.14. The molecule has 0 saturated heterocycles. The number of nitrogens with zero attached hydrogens (tertiary/aromatic N) is 2. The highest BCUT2D eigenvalue weighted by molar-refractivity contribution is 8.00. The molecule has 0 radical (unpaired) electrons. The summed E-state index contributed by atoms with van der Waals surface area (Å²) in [4.78, 5) is 16.5. The Morgan fingerprint density at radius 1 is 1.43 bits per heavy atom. The maximum atomic E-state index is 12.1. The molecule has 1 aliphatic rings. The largest absolute Gasteiger partial charge is 0.352 e. The van der Waals surface area contributed by atoms with Gasteiger partial charge in [-0.2, -0.15) is 0 Å². The average Bonchev–Trinajstić information content (AvgIpc) is 3.17. The molecule has 1 atom stereocenters. The first-order chi connectivity index (χ1) is 10.1. The van der Waals surface area contributed by atoms with Crippen LogP contribution in [-0.2, 0) is 4.79 Å². The van der Waals surface area contributed by atoms with Gasteiger partial charge in [0.1, 0.15) is 0 Å². The van der Waals surface area contributed by atoms with E-state index >= 15 is 0 Å². The van der Waals surface area contributed by atoms with E-state index in [4.69, 9.17) is 0 Å². The number of nitrogens with one attached hydrogen (secondary N) is 1. The molecule has 1 aromatic carbocycles. The van der Waals surface area contributed by atoms with Gasteiger partial charge in [-0.3, -0.25) is 9.36 Å². The van der Waals surface area contributed by atoms with Crippen molar-refractivity contribution in [3.05, 3.63) is 42.2 Å². The Hall–Kier alpha value is -1.75. The molecule has 1 aliphatic carbocycles. The number of hydrogen-bond donors (Lipinski definition) is 1. The fourth-order valence-electron chi connectivity index (χ4n) is 2.15. The van der Waals surface area contributed by atoms with Crippen LogP contribution >= 0.6 is 11.8 Å². The van der Waals surface area contributed by atoms with E-state index in [1.807, 2.05) is 29.8 Å². The predicted molar refractivity (Wildman–Crippen MR) is 84.8 cm³/mol. The van der Waals surface area contributed by atoms with Crippen molar-refractivity contribution < 1.29 is 4.79 Å². The lowest BCUT2D eigenvalue weighted by molar-refractivity contribution is -0.120. The van der Waals surface area contributed by atoms with Gasteiger partial charge in [0, 0.05) is 18.4 Å². The third-order valence-electron chi connectivity index (χ3n) is 3.56. The number of carbonyl (C=O) groups excluding carboxylic acids is 1. The van der Waals surface area contributed by atoms with E-state index in [1.54, 1.807) is 6.20 Å². The molecule has 1 saturated carbocycles. The number of rotatable bonds is 5. The lowest BCUT2D eigenvalue weighted by atomic mass is 10.2. The van der Waals surface area contributed by atoms with Crippen molar-refractivity contribution in [1.29, 1.82) is 0 Å². The highest BCUT2D eigenvalue weighted by Crippen LogP contribution is 2.27. The van der Waals surface area contributed by atoms with Gasteiger partial charge in [-0.15, -0.1) is 0 Å². The van der Waals surface area contributed by atoms with Crippen molar-refractivity contribution in [2.24, 2.45) is 0 Å². The second-order valence-corrected chi connectivity index (χ2v) is 6.72. The van der Waals surface area contributed by atoms with E-state index in [9.17, 15) is 4.79 Å². The van der Waals surface area contributed by atoms with Crippen LogP contribution in [0.5, 0.6) is 0 Å². The van der Waals surface area contributed by atoms with Gasteiger partial charge in [-0.1, -0.05) is 30.0 Å². The van der Waals surface area contributed by atoms with Crippen LogP contribution in [-0.4, -0.2) is 26.8 Å². The molecule has 0 bridgehead atoms. The van der Waals surface area contributed by atoms with Crippen molar-refractivity contribution in [2.75, 3.05) is 0 Å². The summed E-state index contributed by atoms with van der Waals surface area (Å²) in [7, 11) is 0. The Morgan fingerprint density at radius 2 is 2.19 bits per heavy atom. The van der Waals surface area contributed by atoms with Gasteiger partial charge in [-0.25, -0.2) is 4.98 Å². The summed E-state index contributed by atoms with van der Waals surface area (Å²) >= 11 is 1.50. The minimum atomic E-state index is -0.143. The highest BCUT2D eigenvalue weighted by atomic mass is 32.2. The topological polar surface area (TPSA) is 46.9 Å². The molecule has 4 nitrogen and oxygen atoms in total. The molecule has 0 spiro atoms. The average molecular weight is 301 g/mol. The van der Waals surface area contributed by atoms with E-state index in [1.165, 1.54) is 17.3 Å². The van der Waals surface area contributed by atoms with E-state index in [0.29, 0.717) is 6.04 Å².